The van der Waals surface area contributed by atoms with Crippen LogP contribution in [0.2, 0.25) is 0 Å². The van der Waals surface area contributed by atoms with Crippen LogP contribution in [0.25, 0.3) is 11.2 Å². The molecule has 2 bridgehead atoms. The summed E-state index contributed by atoms with van der Waals surface area (Å²) in [5, 5.41) is 0. The molecular weight excluding hydrogens is 378 g/mol. The highest BCUT2D eigenvalue weighted by Crippen LogP contribution is 2.43. The Kier molecular flexibility index (Phi) is 4.79. The Morgan fingerprint density at radius 2 is 2.07 bits per heavy atom. The van der Waals surface area contributed by atoms with Gasteiger partial charge in [0.2, 0.25) is 5.91 Å². The van der Waals surface area contributed by atoms with E-state index in [1.54, 1.807) is 6.20 Å². The maximum Gasteiger partial charge on any atom is 0.256 e. The third kappa shape index (κ3) is 2.93. The standard InChI is InChI=1S/C23H31N5O2/c1-4-6-18-15-11-16(19-7-5-8-20(29)28(18)19)13-27(12-15)23(30)17-9-10-24-22-21(17)25-14(2)26(22)3/h9-10,15-16,18-19H,4-8,11-13H2,1-3H3/t15-,16+,18-,19-/m0/s1. The number of aryl methyl sites for hydroxylation is 2. The number of aromatic nitrogens is 3. The van der Waals surface area contributed by atoms with Gasteiger partial charge < -0.3 is 14.4 Å². The molecule has 7 heteroatoms. The second-order valence-electron chi connectivity index (χ2n) is 9.33. The average molecular weight is 410 g/mol. The first-order chi connectivity index (χ1) is 14.5. The molecule has 0 aliphatic carbocycles. The lowest BCUT2D eigenvalue weighted by atomic mass is 9.71. The number of pyridine rings is 1. The zero-order valence-corrected chi connectivity index (χ0v) is 18.2. The first kappa shape index (κ1) is 19.5. The van der Waals surface area contributed by atoms with Gasteiger partial charge in [-0.3, -0.25) is 9.59 Å². The van der Waals surface area contributed by atoms with Crippen molar-refractivity contribution in [2.75, 3.05) is 13.1 Å². The number of likely N-dealkylation sites (tertiary alicyclic amines) is 1. The zero-order valence-electron chi connectivity index (χ0n) is 18.2. The molecule has 0 unspecified atom stereocenters. The zero-order chi connectivity index (χ0) is 21.0. The molecule has 2 aromatic rings. The third-order valence-corrected chi connectivity index (χ3v) is 7.58. The van der Waals surface area contributed by atoms with E-state index in [1.165, 1.54) is 0 Å². The fraction of sp³-hybridized carbons (Fsp3) is 0.652. The summed E-state index contributed by atoms with van der Waals surface area (Å²) in [5.41, 5.74) is 2.09. The summed E-state index contributed by atoms with van der Waals surface area (Å²) in [4.78, 5) is 39.7. The van der Waals surface area contributed by atoms with Crippen LogP contribution in [0.5, 0.6) is 0 Å². The van der Waals surface area contributed by atoms with Gasteiger partial charge in [-0.15, -0.1) is 0 Å². The van der Waals surface area contributed by atoms with Gasteiger partial charge in [0.15, 0.2) is 5.65 Å². The Morgan fingerprint density at radius 1 is 1.27 bits per heavy atom. The molecule has 2 aromatic heterocycles. The molecule has 0 aromatic carbocycles. The van der Waals surface area contributed by atoms with Gasteiger partial charge in [-0.05, 0) is 50.5 Å². The van der Waals surface area contributed by atoms with Crippen LogP contribution in [0.15, 0.2) is 12.3 Å². The smallest absolute Gasteiger partial charge is 0.256 e. The maximum absolute atomic E-state index is 13.6. The Morgan fingerprint density at radius 3 is 2.87 bits per heavy atom. The molecule has 0 radical (unpaired) electrons. The highest BCUT2D eigenvalue weighted by Gasteiger charge is 2.49. The number of fused-ring (bicyclic) bond motifs is 5. The Bertz CT molecular complexity index is 999. The van der Waals surface area contributed by atoms with Gasteiger partial charge in [0.1, 0.15) is 11.3 Å². The van der Waals surface area contributed by atoms with E-state index >= 15 is 0 Å². The van der Waals surface area contributed by atoms with E-state index in [4.69, 9.17) is 0 Å². The van der Waals surface area contributed by atoms with Crippen LogP contribution in [0.1, 0.15) is 61.6 Å². The highest BCUT2D eigenvalue weighted by atomic mass is 16.2. The average Bonchev–Trinajstić information content (AvgIpc) is 3.04. The molecule has 4 atom stereocenters. The summed E-state index contributed by atoms with van der Waals surface area (Å²) in [5.74, 6) is 1.99. The number of piperidine rings is 3. The molecule has 3 fully saturated rings. The van der Waals surface area contributed by atoms with E-state index in [9.17, 15) is 9.59 Å². The number of carbonyl (C=O) groups excluding carboxylic acids is 2. The van der Waals surface area contributed by atoms with Gasteiger partial charge in [0, 0.05) is 44.8 Å². The summed E-state index contributed by atoms with van der Waals surface area (Å²) in [6.07, 6.45) is 7.68. The van der Waals surface area contributed by atoms with Crippen molar-refractivity contribution in [2.45, 2.75) is 64.5 Å². The molecular formula is C23H31N5O2. The number of hydrogen-bond acceptors (Lipinski definition) is 4. The molecule has 0 spiro atoms. The van der Waals surface area contributed by atoms with Crippen LogP contribution in [0.4, 0.5) is 0 Å². The predicted molar refractivity (Wildman–Crippen MR) is 114 cm³/mol. The summed E-state index contributed by atoms with van der Waals surface area (Å²) >= 11 is 0. The minimum Gasteiger partial charge on any atom is -0.338 e. The van der Waals surface area contributed by atoms with E-state index < -0.39 is 0 Å². The van der Waals surface area contributed by atoms with Crippen molar-refractivity contribution in [2.24, 2.45) is 18.9 Å². The van der Waals surface area contributed by atoms with Crippen LogP contribution >= 0.6 is 0 Å². The van der Waals surface area contributed by atoms with E-state index in [0.717, 1.165) is 56.7 Å². The van der Waals surface area contributed by atoms with Crippen molar-refractivity contribution in [3.63, 3.8) is 0 Å². The summed E-state index contributed by atoms with van der Waals surface area (Å²) in [6, 6.07) is 2.37. The monoisotopic (exact) mass is 409 g/mol. The highest BCUT2D eigenvalue weighted by molar-refractivity contribution is 6.04. The maximum atomic E-state index is 13.6. The predicted octanol–water partition coefficient (Wildman–Crippen LogP) is 2.92. The van der Waals surface area contributed by atoms with Crippen LogP contribution in [0, 0.1) is 18.8 Å². The van der Waals surface area contributed by atoms with Crippen molar-refractivity contribution >= 4 is 23.0 Å². The number of imidazole rings is 1. The van der Waals surface area contributed by atoms with E-state index in [-0.39, 0.29) is 11.9 Å². The number of amides is 2. The van der Waals surface area contributed by atoms with E-state index in [1.807, 2.05) is 29.5 Å². The quantitative estimate of drug-likeness (QED) is 0.781. The van der Waals surface area contributed by atoms with Crippen LogP contribution in [-0.2, 0) is 11.8 Å². The van der Waals surface area contributed by atoms with Crippen LogP contribution in [0.3, 0.4) is 0 Å². The summed E-state index contributed by atoms with van der Waals surface area (Å²) < 4.78 is 1.93. The molecule has 0 saturated carbocycles. The number of nitrogens with zero attached hydrogens (tertiary/aromatic N) is 5. The topological polar surface area (TPSA) is 71.3 Å². The fourth-order valence-electron chi connectivity index (χ4n) is 6.14. The molecule has 5 heterocycles. The summed E-state index contributed by atoms with van der Waals surface area (Å²) in [7, 11) is 1.93. The second kappa shape index (κ2) is 7.36. The SMILES string of the molecule is CCC[C@H]1[C@H]2C[C@H](CN(C(=O)c3ccnc4c3nc(C)n4C)C2)[C@@H]2CCCC(=O)N21. The van der Waals surface area contributed by atoms with Crippen LogP contribution in [-0.4, -0.2) is 61.3 Å². The van der Waals surface area contributed by atoms with Gasteiger partial charge in [-0.1, -0.05) is 13.3 Å². The first-order valence-electron chi connectivity index (χ1n) is 11.4. The van der Waals surface area contributed by atoms with E-state index in [0.29, 0.717) is 41.3 Å². The minimum atomic E-state index is 0.0565. The Balaban J connectivity index is 1.47. The van der Waals surface area contributed by atoms with Crippen molar-refractivity contribution in [1.82, 2.24) is 24.3 Å². The number of carbonyl (C=O) groups is 2. The van der Waals surface area contributed by atoms with Gasteiger partial charge in [0.25, 0.3) is 5.91 Å². The molecule has 160 valence electrons. The van der Waals surface area contributed by atoms with Gasteiger partial charge >= 0.3 is 0 Å². The molecule has 2 amide bonds. The fourth-order valence-corrected chi connectivity index (χ4v) is 6.14. The van der Waals surface area contributed by atoms with Gasteiger partial charge in [0.05, 0.1) is 5.56 Å². The molecule has 3 aliphatic heterocycles. The Hall–Kier alpha value is -2.44. The first-order valence-corrected chi connectivity index (χ1v) is 11.4. The number of hydrogen-bond donors (Lipinski definition) is 0. The molecule has 5 rings (SSSR count). The molecule has 30 heavy (non-hydrogen) atoms. The van der Waals surface area contributed by atoms with Crippen molar-refractivity contribution in [3.8, 4) is 0 Å². The Labute approximate surface area is 177 Å². The second-order valence-corrected chi connectivity index (χ2v) is 9.33. The van der Waals surface area contributed by atoms with Crippen molar-refractivity contribution in [1.29, 1.82) is 0 Å². The number of rotatable bonds is 3. The van der Waals surface area contributed by atoms with Crippen molar-refractivity contribution in [3.05, 3.63) is 23.7 Å². The normalized spacial score (nSPS) is 28.7. The third-order valence-electron chi connectivity index (χ3n) is 7.58. The largest absolute Gasteiger partial charge is 0.338 e. The van der Waals surface area contributed by atoms with Crippen LogP contribution < -0.4 is 0 Å². The van der Waals surface area contributed by atoms with Gasteiger partial charge in [-0.25, -0.2) is 9.97 Å². The molecule has 3 saturated heterocycles. The summed E-state index contributed by atoms with van der Waals surface area (Å²) in [6.45, 7) is 5.59. The lowest BCUT2D eigenvalue weighted by Crippen LogP contribution is -2.65. The van der Waals surface area contributed by atoms with Crippen molar-refractivity contribution < 1.29 is 9.59 Å². The minimum absolute atomic E-state index is 0.0565. The lowest BCUT2D eigenvalue weighted by Gasteiger charge is -2.56. The van der Waals surface area contributed by atoms with Gasteiger partial charge in [-0.2, -0.15) is 0 Å². The molecule has 3 aliphatic rings. The molecule has 0 N–H and O–H groups in total. The van der Waals surface area contributed by atoms with E-state index in [2.05, 4.69) is 21.8 Å². The lowest BCUT2D eigenvalue weighted by molar-refractivity contribution is -0.152. The molecule has 7 nitrogen and oxygen atoms in total.